The maximum Gasteiger partial charge on any atom is 0.119 e. The number of benzene rings is 1. The van der Waals surface area contributed by atoms with Gasteiger partial charge in [-0.15, -0.1) is 0 Å². The summed E-state index contributed by atoms with van der Waals surface area (Å²) in [5.41, 5.74) is 2.23. The molecule has 0 aliphatic carbocycles. The summed E-state index contributed by atoms with van der Waals surface area (Å²) in [6, 6.07) is 7.80. The van der Waals surface area contributed by atoms with E-state index in [0.29, 0.717) is 13.0 Å². The predicted molar refractivity (Wildman–Crippen MR) is 79.6 cm³/mol. The first-order valence-electron chi connectivity index (χ1n) is 6.65. The molecule has 0 bridgehead atoms. The summed E-state index contributed by atoms with van der Waals surface area (Å²) < 4.78 is 5.66. The smallest absolute Gasteiger partial charge is 0.119 e. The fourth-order valence-electron chi connectivity index (χ4n) is 1.51. The number of aliphatic hydroxyl groups is 1. The van der Waals surface area contributed by atoms with Gasteiger partial charge in [-0.3, -0.25) is 0 Å². The van der Waals surface area contributed by atoms with E-state index < -0.39 is 0 Å². The molecule has 0 aromatic heterocycles. The van der Waals surface area contributed by atoms with Crippen molar-refractivity contribution >= 4 is 0 Å². The van der Waals surface area contributed by atoms with E-state index in [-0.39, 0.29) is 12.1 Å². The second-order valence-corrected chi connectivity index (χ2v) is 5.76. The van der Waals surface area contributed by atoms with Crippen molar-refractivity contribution in [3.8, 4) is 5.75 Å². The van der Waals surface area contributed by atoms with Gasteiger partial charge in [0.25, 0.3) is 0 Å². The lowest BCUT2D eigenvalue weighted by molar-refractivity contribution is 0.299. The quantitative estimate of drug-likeness (QED) is 0.743. The molecule has 0 fully saturated rings. The molecule has 3 nitrogen and oxygen atoms in total. The van der Waals surface area contributed by atoms with E-state index in [4.69, 9.17) is 9.84 Å². The molecule has 0 aliphatic heterocycles. The molecular weight excluding hydrogens is 238 g/mol. The molecule has 0 radical (unpaired) electrons. The van der Waals surface area contributed by atoms with Gasteiger partial charge in [-0.25, -0.2) is 0 Å². The van der Waals surface area contributed by atoms with Gasteiger partial charge in [-0.2, -0.15) is 0 Å². The number of ether oxygens (including phenoxy) is 1. The van der Waals surface area contributed by atoms with E-state index >= 15 is 0 Å². The lowest BCUT2D eigenvalue weighted by Crippen LogP contribution is -2.37. The highest BCUT2D eigenvalue weighted by Gasteiger charge is 2.08. The molecule has 1 rings (SSSR count). The standard InChI is InChI=1S/C16H25NO2/c1-13(11-17-16(2,3)4)12-19-15-7-5-14(6-8-15)9-10-18/h5-8,17-18H,1,9-12H2,2-4H3. The van der Waals surface area contributed by atoms with Crippen LogP contribution in [0.15, 0.2) is 36.4 Å². The van der Waals surface area contributed by atoms with Crippen LogP contribution < -0.4 is 10.1 Å². The Labute approximate surface area is 116 Å². The van der Waals surface area contributed by atoms with Crippen LogP contribution in [0.5, 0.6) is 5.75 Å². The van der Waals surface area contributed by atoms with Crippen LogP contribution in [0.2, 0.25) is 0 Å². The monoisotopic (exact) mass is 263 g/mol. The Morgan fingerprint density at radius 2 is 1.89 bits per heavy atom. The first kappa shape index (κ1) is 15.7. The Morgan fingerprint density at radius 3 is 2.42 bits per heavy atom. The molecule has 1 aromatic rings. The van der Waals surface area contributed by atoms with Crippen molar-refractivity contribution in [2.24, 2.45) is 0 Å². The van der Waals surface area contributed by atoms with E-state index in [1.54, 1.807) is 0 Å². The second kappa shape index (κ2) is 7.31. The first-order chi connectivity index (χ1) is 8.90. The van der Waals surface area contributed by atoms with Crippen LogP contribution in [0.3, 0.4) is 0 Å². The molecule has 0 saturated carbocycles. The van der Waals surface area contributed by atoms with Crippen molar-refractivity contribution in [2.45, 2.75) is 32.7 Å². The summed E-state index contributed by atoms with van der Waals surface area (Å²) in [6.45, 7) is 11.8. The molecule has 3 heteroatoms. The van der Waals surface area contributed by atoms with Crippen molar-refractivity contribution in [2.75, 3.05) is 19.8 Å². The van der Waals surface area contributed by atoms with E-state index in [0.717, 1.165) is 23.4 Å². The maximum absolute atomic E-state index is 8.84. The Kier molecular flexibility index (Phi) is 6.06. The molecule has 106 valence electrons. The van der Waals surface area contributed by atoms with Gasteiger partial charge in [0.2, 0.25) is 0 Å². The van der Waals surface area contributed by atoms with Gasteiger partial charge >= 0.3 is 0 Å². The average Bonchev–Trinajstić information content (AvgIpc) is 2.35. The zero-order valence-corrected chi connectivity index (χ0v) is 12.2. The normalized spacial score (nSPS) is 11.4. The van der Waals surface area contributed by atoms with Crippen molar-refractivity contribution in [3.05, 3.63) is 42.0 Å². The van der Waals surface area contributed by atoms with Crippen LogP contribution >= 0.6 is 0 Å². The van der Waals surface area contributed by atoms with Gasteiger partial charge in [0, 0.05) is 18.7 Å². The molecule has 19 heavy (non-hydrogen) atoms. The zero-order chi connectivity index (χ0) is 14.3. The summed E-state index contributed by atoms with van der Waals surface area (Å²) in [5, 5.41) is 12.2. The first-order valence-corrected chi connectivity index (χ1v) is 6.65. The molecule has 0 heterocycles. The highest BCUT2D eigenvalue weighted by atomic mass is 16.5. The van der Waals surface area contributed by atoms with Gasteiger partial charge in [-0.1, -0.05) is 18.7 Å². The van der Waals surface area contributed by atoms with Crippen molar-refractivity contribution in [1.82, 2.24) is 5.32 Å². The minimum absolute atomic E-state index is 0.0921. The summed E-state index contributed by atoms with van der Waals surface area (Å²) >= 11 is 0. The van der Waals surface area contributed by atoms with Gasteiger partial charge in [0.05, 0.1) is 0 Å². The molecule has 1 aromatic carbocycles. The Hall–Kier alpha value is -1.32. The Morgan fingerprint density at radius 1 is 1.26 bits per heavy atom. The van der Waals surface area contributed by atoms with E-state index in [1.807, 2.05) is 24.3 Å². The van der Waals surface area contributed by atoms with Crippen LogP contribution in [0, 0.1) is 0 Å². The van der Waals surface area contributed by atoms with Crippen LogP contribution in [-0.4, -0.2) is 30.4 Å². The molecule has 2 N–H and O–H groups in total. The van der Waals surface area contributed by atoms with Crippen molar-refractivity contribution in [1.29, 1.82) is 0 Å². The fraction of sp³-hybridized carbons (Fsp3) is 0.500. The highest BCUT2D eigenvalue weighted by molar-refractivity contribution is 5.27. The largest absolute Gasteiger partial charge is 0.489 e. The zero-order valence-electron chi connectivity index (χ0n) is 12.2. The van der Waals surface area contributed by atoms with Gasteiger partial charge in [0.1, 0.15) is 12.4 Å². The third-order valence-corrected chi connectivity index (χ3v) is 2.64. The predicted octanol–water partition coefficient (Wildman–Crippen LogP) is 2.54. The van der Waals surface area contributed by atoms with Crippen LogP contribution in [-0.2, 0) is 6.42 Å². The minimum Gasteiger partial charge on any atom is -0.489 e. The number of hydrogen-bond acceptors (Lipinski definition) is 3. The number of nitrogens with one attached hydrogen (secondary N) is 1. The summed E-state index contributed by atoms with van der Waals surface area (Å²) in [7, 11) is 0. The Bertz CT molecular complexity index is 390. The molecule has 0 atom stereocenters. The fourth-order valence-corrected chi connectivity index (χ4v) is 1.51. The van der Waals surface area contributed by atoms with Crippen molar-refractivity contribution in [3.63, 3.8) is 0 Å². The van der Waals surface area contributed by atoms with E-state index in [1.165, 1.54) is 0 Å². The molecule has 0 aliphatic rings. The molecule has 0 spiro atoms. The van der Waals surface area contributed by atoms with Crippen molar-refractivity contribution < 1.29 is 9.84 Å². The third kappa shape index (κ3) is 6.99. The SMILES string of the molecule is C=C(CNC(C)(C)C)COc1ccc(CCO)cc1. The lowest BCUT2D eigenvalue weighted by atomic mass is 10.1. The maximum atomic E-state index is 8.84. The molecule has 0 amide bonds. The minimum atomic E-state index is 0.0921. The van der Waals surface area contributed by atoms with Gasteiger partial charge < -0.3 is 15.2 Å². The topological polar surface area (TPSA) is 41.5 Å². The summed E-state index contributed by atoms with van der Waals surface area (Å²) in [4.78, 5) is 0. The second-order valence-electron chi connectivity index (χ2n) is 5.76. The number of rotatable bonds is 7. The third-order valence-electron chi connectivity index (χ3n) is 2.64. The van der Waals surface area contributed by atoms with Crippen LogP contribution in [0.1, 0.15) is 26.3 Å². The molecule has 0 unspecified atom stereocenters. The molecule has 0 saturated heterocycles. The van der Waals surface area contributed by atoms with Gasteiger partial charge in [-0.05, 0) is 50.5 Å². The van der Waals surface area contributed by atoms with Crippen LogP contribution in [0.25, 0.3) is 0 Å². The summed E-state index contributed by atoms with van der Waals surface area (Å²) in [5.74, 6) is 0.832. The van der Waals surface area contributed by atoms with Gasteiger partial charge in [0.15, 0.2) is 0 Å². The summed E-state index contributed by atoms with van der Waals surface area (Å²) in [6.07, 6.45) is 0.683. The number of aliphatic hydroxyl groups excluding tert-OH is 1. The van der Waals surface area contributed by atoms with E-state index in [2.05, 4.69) is 32.7 Å². The lowest BCUT2D eigenvalue weighted by Gasteiger charge is -2.21. The Balaban J connectivity index is 2.33. The van der Waals surface area contributed by atoms with E-state index in [9.17, 15) is 0 Å². The average molecular weight is 263 g/mol. The highest BCUT2D eigenvalue weighted by Crippen LogP contribution is 2.13. The van der Waals surface area contributed by atoms with Crippen LogP contribution in [0.4, 0.5) is 0 Å². The molecular formula is C16H25NO2. The number of hydrogen-bond donors (Lipinski definition) is 2.